The predicted octanol–water partition coefficient (Wildman–Crippen LogP) is 3.00. The van der Waals surface area contributed by atoms with Gasteiger partial charge in [0.25, 0.3) is 0 Å². The molecule has 1 aromatic rings. The first kappa shape index (κ1) is 10.4. The molecule has 14 heavy (non-hydrogen) atoms. The summed E-state index contributed by atoms with van der Waals surface area (Å²) in [6.07, 6.45) is 2.57. The number of hydrogen-bond donors (Lipinski definition) is 1. The van der Waals surface area contributed by atoms with Crippen molar-refractivity contribution >= 4 is 22.9 Å². The molecule has 0 spiro atoms. The molecule has 1 aromatic heterocycles. The predicted molar refractivity (Wildman–Crippen MR) is 57.9 cm³/mol. The van der Waals surface area contributed by atoms with Crippen LogP contribution in [-0.2, 0) is 4.74 Å². The molecule has 0 radical (unpaired) electrons. The van der Waals surface area contributed by atoms with Gasteiger partial charge in [0.05, 0.1) is 22.1 Å². The lowest BCUT2D eigenvalue weighted by molar-refractivity contribution is 0.0548. The van der Waals surface area contributed by atoms with Crippen molar-refractivity contribution in [3.8, 4) is 0 Å². The normalized spacial score (nSPS) is 24.0. The van der Waals surface area contributed by atoms with Gasteiger partial charge in [-0.05, 0) is 24.3 Å². The number of aliphatic hydroxyl groups excluding tert-OH is 1. The summed E-state index contributed by atoms with van der Waals surface area (Å²) in [5.41, 5.74) is 0. The van der Waals surface area contributed by atoms with E-state index in [2.05, 4.69) is 0 Å². The monoisotopic (exact) mass is 232 g/mol. The van der Waals surface area contributed by atoms with Crippen LogP contribution in [0.3, 0.4) is 0 Å². The van der Waals surface area contributed by atoms with Crippen LogP contribution in [0.15, 0.2) is 11.4 Å². The summed E-state index contributed by atoms with van der Waals surface area (Å²) in [6.45, 7) is 0.829. The Morgan fingerprint density at radius 2 is 2.57 bits per heavy atom. The quantitative estimate of drug-likeness (QED) is 0.868. The zero-order valence-electron chi connectivity index (χ0n) is 7.78. The minimum absolute atomic E-state index is 0.211. The van der Waals surface area contributed by atoms with Crippen LogP contribution in [0, 0.1) is 0 Å². The number of thiophene rings is 1. The lowest BCUT2D eigenvalue weighted by Gasteiger charge is -2.14. The van der Waals surface area contributed by atoms with Crippen LogP contribution >= 0.6 is 22.9 Å². The summed E-state index contributed by atoms with van der Waals surface area (Å²) < 4.78 is 5.46. The average molecular weight is 233 g/mol. The minimum Gasteiger partial charge on any atom is -0.387 e. The van der Waals surface area contributed by atoms with Crippen LogP contribution in [0.5, 0.6) is 0 Å². The summed E-state index contributed by atoms with van der Waals surface area (Å²) in [6, 6.07) is 1.82. The highest BCUT2D eigenvalue weighted by molar-refractivity contribution is 7.10. The average Bonchev–Trinajstić information content (AvgIpc) is 2.75. The third-order valence-corrected chi connectivity index (χ3v) is 3.92. The molecule has 0 aliphatic carbocycles. The van der Waals surface area contributed by atoms with Crippen molar-refractivity contribution in [2.75, 3.05) is 6.61 Å². The molecule has 0 aromatic carbocycles. The van der Waals surface area contributed by atoms with Crippen molar-refractivity contribution in [2.45, 2.75) is 31.5 Å². The molecule has 1 aliphatic rings. The van der Waals surface area contributed by atoms with Gasteiger partial charge in [0, 0.05) is 13.0 Å². The van der Waals surface area contributed by atoms with E-state index < -0.39 is 6.10 Å². The van der Waals surface area contributed by atoms with Crippen molar-refractivity contribution in [2.24, 2.45) is 0 Å². The van der Waals surface area contributed by atoms with E-state index >= 15 is 0 Å². The van der Waals surface area contributed by atoms with E-state index in [1.165, 1.54) is 11.3 Å². The molecule has 2 atom stereocenters. The van der Waals surface area contributed by atoms with Crippen LogP contribution in [-0.4, -0.2) is 17.8 Å². The van der Waals surface area contributed by atoms with Crippen LogP contribution in [0.1, 0.15) is 30.2 Å². The first-order valence-electron chi connectivity index (χ1n) is 4.80. The second-order valence-electron chi connectivity index (χ2n) is 3.52. The van der Waals surface area contributed by atoms with Gasteiger partial charge in [-0.2, -0.15) is 0 Å². The summed E-state index contributed by atoms with van der Waals surface area (Å²) in [5.74, 6) is 0. The minimum atomic E-state index is -0.467. The molecule has 0 bridgehead atoms. The molecule has 0 saturated carbocycles. The maximum atomic E-state index is 9.90. The fraction of sp³-hybridized carbons (Fsp3) is 0.600. The van der Waals surface area contributed by atoms with E-state index in [1.54, 1.807) is 0 Å². The smallest absolute Gasteiger partial charge is 0.0921 e. The zero-order valence-corrected chi connectivity index (χ0v) is 9.35. The number of ether oxygens (including phenoxy) is 1. The van der Waals surface area contributed by atoms with Gasteiger partial charge in [0.15, 0.2) is 0 Å². The maximum absolute atomic E-state index is 9.90. The molecule has 1 aliphatic heterocycles. The van der Waals surface area contributed by atoms with Crippen molar-refractivity contribution in [3.05, 3.63) is 21.3 Å². The van der Waals surface area contributed by atoms with E-state index in [1.807, 2.05) is 11.4 Å². The van der Waals surface area contributed by atoms with Crippen molar-refractivity contribution in [1.82, 2.24) is 0 Å². The highest BCUT2D eigenvalue weighted by atomic mass is 35.5. The van der Waals surface area contributed by atoms with Crippen LogP contribution in [0.2, 0.25) is 5.02 Å². The van der Waals surface area contributed by atoms with E-state index in [9.17, 15) is 5.11 Å². The Labute approximate surface area is 92.5 Å². The van der Waals surface area contributed by atoms with Gasteiger partial charge < -0.3 is 9.84 Å². The SMILES string of the molecule is OC(CC1CCCO1)c1sccc1Cl. The van der Waals surface area contributed by atoms with E-state index in [0.29, 0.717) is 11.4 Å². The van der Waals surface area contributed by atoms with E-state index in [4.69, 9.17) is 16.3 Å². The molecular formula is C10H13ClO2S. The van der Waals surface area contributed by atoms with Gasteiger partial charge in [-0.25, -0.2) is 0 Å². The number of aliphatic hydroxyl groups is 1. The Morgan fingerprint density at radius 1 is 1.71 bits per heavy atom. The summed E-state index contributed by atoms with van der Waals surface area (Å²) >= 11 is 7.43. The van der Waals surface area contributed by atoms with Crippen molar-refractivity contribution in [3.63, 3.8) is 0 Å². The number of hydrogen-bond acceptors (Lipinski definition) is 3. The topological polar surface area (TPSA) is 29.5 Å². The molecule has 2 unspecified atom stereocenters. The van der Waals surface area contributed by atoms with Crippen LogP contribution in [0.25, 0.3) is 0 Å². The lowest BCUT2D eigenvalue weighted by atomic mass is 10.1. The molecule has 2 nitrogen and oxygen atoms in total. The fourth-order valence-corrected chi connectivity index (χ4v) is 2.91. The van der Waals surface area contributed by atoms with E-state index in [-0.39, 0.29) is 6.10 Å². The molecule has 2 heterocycles. The van der Waals surface area contributed by atoms with Gasteiger partial charge >= 0.3 is 0 Å². The van der Waals surface area contributed by atoms with Gasteiger partial charge in [-0.15, -0.1) is 11.3 Å². The first-order chi connectivity index (χ1) is 6.77. The summed E-state index contributed by atoms with van der Waals surface area (Å²) in [4.78, 5) is 0.863. The Kier molecular flexibility index (Phi) is 3.44. The van der Waals surface area contributed by atoms with Crippen molar-refractivity contribution < 1.29 is 9.84 Å². The third kappa shape index (κ3) is 2.28. The standard InChI is InChI=1S/C10H13ClO2S/c11-8-3-5-14-10(8)9(12)6-7-2-1-4-13-7/h3,5,7,9,12H,1-2,4,6H2. The second kappa shape index (κ2) is 4.62. The zero-order chi connectivity index (χ0) is 9.97. The molecule has 1 fully saturated rings. The maximum Gasteiger partial charge on any atom is 0.0921 e. The van der Waals surface area contributed by atoms with Gasteiger partial charge in [-0.3, -0.25) is 0 Å². The highest BCUT2D eigenvalue weighted by Crippen LogP contribution is 2.33. The lowest BCUT2D eigenvalue weighted by Crippen LogP contribution is -2.10. The number of rotatable bonds is 3. The Balaban J connectivity index is 1.95. The molecule has 4 heteroatoms. The Morgan fingerprint density at radius 3 is 3.14 bits per heavy atom. The van der Waals surface area contributed by atoms with Crippen molar-refractivity contribution in [1.29, 1.82) is 0 Å². The van der Waals surface area contributed by atoms with Gasteiger partial charge in [-0.1, -0.05) is 11.6 Å². The molecule has 1 saturated heterocycles. The number of halogens is 1. The third-order valence-electron chi connectivity index (χ3n) is 2.46. The molecule has 1 N–H and O–H groups in total. The van der Waals surface area contributed by atoms with Crippen LogP contribution < -0.4 is 0 Å². The molecular weight excluding hydrogens is 220 g/mol. The summed E-state index contributed by atoms with van der Waals surface area (Å²) in [5, 5.41) is 12.5. The molecule has 0 amide bonds. The Hall–Kier alpha value is -0.0900. The van der Waals surface area contributed by atoms with Gasteiger partial charge in [0.1, 0.15) is 0 Å². The highest BCUT2D eigenvalue weighted by Gasteiger charge is 2.22. The largest absolute Gasteiger partial charge is 0.387 e. The first-order valence-corrected chi connectivity index (χ1v) is 6.05. The molecule has 78 valence electrons. The van der Waals surface area contributed by atoms with E-state index in [0.717, 1.165) is 24.3 Å². The van der Waals surface area contributed by atoms with Crippen LogP contribution in [0.4, 0.5) is 0 Å². The second-order valence-corrected chi connectivity index (χ2v) is 4.87. The fourth-order valence-electron chi connectivity index (χ4n) is 1.73. The van der Waals surface area contributed by atoms with Gasteiger partial charge in [0.2, 0.25) is 0 Å². The summed E-state index contributed by atoms with van der Waals surface area (Å²) in [7, 11) is 0. The molecule has 2 rings (SSSR count). The Bertz CT molecular complexity index is 294.